The number of hydrogen-bond acceptors (Lipinski definition) is 4. The maximum Gasteiger partial charge on any atom is 0.469 e. The monoisotopic (exact) mass is 655 g/mol. The fourth-order valence-electron chi connectivity index (χ4n) is 6.99. The lowest BCUT2D eigenvalue weighted by Crippen LogP contribution is -2.53. The average Bonchev–Trinajstić information content (AvgIpc) is 2.93. The summed E-state index contributed by atoms with van der Waals surface area (Å²) in [5.74, 6) is 0.0924. The molecule has 1 saturated carbocycles. The Labute approximate surface area is 263 Å². The fraction of sp³-hybridized carbons (Fsp3) is 0.606. The number of amides is 1. The van der Waals surface area contributed by atoms with Gasteiger partial charge in [-0.2, -0.15) is 13.2 Å². The van der Waals surface area contributed by atoms with Gasteiger partial charge in [0.15, 0.2) is 0 Å². The van der Waals surface area contributed by atoms with Gasteiger partial charge in [-0.15, -0.1) is 0 Å². The second-order valence-corrected chi connectivity index (χ2v) is 15.3. The van der Waals surface area contributed by atoms with E-state index in [9.17, 15) is 27.6 Å². The van der Waals surface area contributed by atoms with E-state index in [1.165, 1.54) is 11.0 Å². The minimum atomic E-state index is -4.75. The molecule has 8 nitrogen and oxygen atoms in total. The topological polar surface area (TPSA) is 117 Å². The lowest BCUT2D eigenvalue weighted by molar-refractivity contribution is -0.140. The summed E-state index contributed by atoms with van der Waals surface area (Å²) in [7, 11) is -4.75. The van der Waals surface area contributed by atoms with Crippen molar-refractivity contribution in [2.45, 2.75) is 111 Å². The number of nitrogens with zero attached hydrogens (tertiary/aromatic N) is 1. The van der Waals surface area contributed by atoms with Crippen molar-refractivity contribution in [3.05, 3.63) is 64.2 Å². The Hall–Kier alpha value is -2.59. The van der Waals surface area contributed by atoms with Gasteiger partial charge in [-0.25, -0.2) is 9.36 Å². The van der Waals surface area contributed by atoms with E-state index in [2.05, 4.69) is 25.3 Å². The summed E-state index contributed by atoms with van der Waals surface area (Å²) in [5, 5.41) is 10.3. The van der Waals surface area contributed by atoms with Crippen molar-refractivity contribution in [3.8, 4) is 5.75 Å². The third kappa shape index (κ3) is 8.61. The second kappa shape index (κ2) is 13.3. The maximum absolute atomic E-state index is 14.6. The third-order valence-electron chi connectivity index (χ3n) is 9.82. The Kier molecular flexibility index (Phi) is 10.4. The predicted molar refractivity (Wildman–Crippen MR) is 164 cm³/mol. The lowest BCUT2D eigenvalue weighted by atomic mass is 9.71. The normalized spacial score (nSPS) is 21.2. The molecule has 1 fully saturated rings. The van der Waals surface area contributed by atoms with Crippen LogP contribution in [0.15, 0.2) is 36.4 Å². The van der Waals surface area contributed by atoms with Gasteiger partial charge in [0.2, 0.25) is 0 Å². The number of ether oxygens (including phenoxy) is 1. The molecule has 45 heavy (non-hydrogen) atoms. The number of benzene rings is 2. The Bertz CT molecular complexity index is 1410. The summed E-state index contributed by atoms with van der Waals surface area (Å²) in [6.45, 7) is 9.61. The number of carboxylic acid groups (broad SMARTS) is 1. The number of alkyl halides is 3. The van der Waals surface area contributed by atoms with Crippen molar-refractivity contribution in [1.82, 2.24) is 4.90 Å². The van der Waals surface area contributed by atoms with Crippen molar-refractivity contribution in [3.63, 3.8) is 0 Å². The Morgan fingerprint density at radius 2 is 1.56 bits per heavy atom. The van der Waals surface area contributed by atoms with Gasteiger partial charge in [0, 0.05) is 12.1 Å². The highest BCUT2D eigenvalue weighted by atomic mass is 31.2. The largest absolute Gasteiger partial charge is 0.490 e. The standard InChI is InChI=1S/C33H45F3NO7P/c1-31(2,3)24-11-14-26(15-12-24)44-28-17-10-21-18-25(13-16-27(21)29(28)33(34,35)36)32(4,5)37(30(38)39)19-22-8-6-7-9-23(22)20-43-45(40,41)42/h6-10,17,24-26H,11-16,18-20H2,1-5H3,(H,38,39)(H2,40,41,42)/t24?,25-,26?/m0/s1. The molecule has 3 N–H and O–H groups in total. The van der Waals surface area contributed by atoms with Gasteiger partial charge in [0.25, 0.3) is 0 Å². The molecule has 0 unspecified atom stereocenters. The van der Waals surface area contributed by atoms with Crippen LogP contribution in [0.2, 0.25) is 0 Å². The summed E-state index contributed by atoms with van der Waals surface area (Å²) in [4.78, 5) is 32.1. The minimum Gasteiger partial charge on any atom is -0.490 e. The molecule has 0 aliphatic heterocycles. The summed E-state index contributed by atoms with van der Waals surface area (Å²) in [5.41, 5.74) is 0.135. The molecule has 0 aromatic heterocycles. The molecule has 0 bridgehead atoms. The molecule has 2 aromatic carbocycles. The lowest BCUT2D eigenvalue weighted by Gasteiger charge is -2.45. The second-order valence-electron chi connectivity index (χ2n) is 14.0. The van der Waals surface area contributed by atoms with E-state index in [1.54, 1.807) is 44.2 Å². The first-order valence-corrected chi connectivity index (χ1v) is 17.0. The summed E-state index contributed by atoms with van der Waals surface area (Å²) < 4.78 is 65.7. The Morgan fingerprint density at radius 1 is 0.933 bits per heavy atom. The quantitative estimate of drug-likeness (QED) is 0.233. The first-order chi connectivity index (χ1) is 20.8. The molecule has 1 amide bonds. The number of phosphoric ester groups is 1. The van der Waals surface area contributed by atoms with E-state index in [1.807, 2.05) is 0 Å². The number of halogens is 3. The molecule has 1 atom stereocenters. The van der Waals surface area contributed by atoms with Gasteiger partial charge in [-0.05, 0) is 104 Å². The summed E-state index contributed by atoms with van der Waals surface area (Å²) in [6, 6.07) is 9.73. The van der Waals surface area contributed by atoms with Crippen LogP contribution in [0.4, 0.5) is 18.0 Å². The van der Waals surface area contributed by atoms with E-state index >= 15 is 0 Å². The van der Waals surface area contributed by atoms with Crippen LogP contribution in [0.5, 0.6) is 5.75 Å². The van der Waals surface area contributed by atoms with Gasteiger partial charge >= 0.3 is 20.1 Å². The van der Waals surface area contributed by atoms with Crippen LogP contribution in [-0.4, -0.2) is 37.5 Å². The van der Waals surface area contributed by atoms with Gasteiger partial charge in [0.1, 0.15) is 11.3 Å². The molecule has 4 rings (SSSR count). The van der Waals surface area contributed by atoms with Crippen LogP contribution in [0.3, 0.4) is 0 Å². The highest BCUT2D eigenvalue weighted by Crippen LogP contribution is 2.47. The van der Waals surface area contributed by atoms with Crippen molar-refractivity contribution < 1.29 is 46.7 Å². The highest BCUT2D eigenvalue weighted by Gasteiger charge is 2.44. The SMILES string of the molecule is CC(C)(C)C1CCC(Oc2ccc3c(c2C(F)(F)F)CC[C@H](C(C)(C)N(Cc2ccccc2COP(=O)(O)O)C(=O)O)C3)CC1. The van der Waals surface area contributed by atoms with E-state index in [-0.39, 0.29) is 48.1 Å². The molecule has 12 heteroatoms. The Morgan fingerprint density at radius 3 is 2.11 bits per heavy atom. The van der Waals surface area contributed by atoms with Gasteiger partial charge < -0.3 is 19.6 Å². The molecule has 250 valence electrons. The van der Waals surface area contributed by atoms with Gasteiger partial charge in [0.05, 0.1) is 12.7 Å². The van der Waals surface area contributed by atoms with Crippen molar-refractivity contribution >= 4 is 13.9 Å². The Balaban J connectivity index is 1.55. The van der Waals surface area contributed by atoms with Gasteiger partial charge in [-0.3, -0.25) is 9.42 Å². The molecule has 2 aliphatic rings. The van der Waals surface area contributed by atoms with Crippen LogP contribution in [0, 0.1) is 17.3 Å². The highest BCUT2D eigenvalue weighted by molar-refractivity contribution is 7.46. The van der Waals surface area contributed by atoms with Crippen LogP contribution >= 0.6 is 7.82 Å². The van der Waals surface area contributed by atoms with Crippen LogP contribution in [0.25, 0.3) is 0 Å². The number of hydrogen-bond donors (Lipinski definition) is 3. The summed E-state index contributed by atoms with van der Waals surface area (Å²) >= 11 is 0. The molecular formula is C33H45F3NO7P. The smallest absolute Gasteiger partial charge is 0.469 e. The van der Waals surface area contributed by atoms with Crippen molar-refractivity contribution in [1.29, 1.82) is 0 Å². The predicted octanol–water partition coefficient (Wildman–Crippen LogP) is 8.36. The van der Waals surface area contributed by atoms with Crippen molar-refractivity contribution in [2.24, 2.45) is 17.3 Å². The van der Waals surface area contributed by atoms with E-state index in [0.717, 1.165) is 12.8 Å². The van der Waals surface area contributed by atoms with E-state index in [0.29, 0.717) is 41.9 Å². The first kappa shape index (κ1) is 35.3. The summed E-state index contributed by atoms with van der Waals surface area (Å²) in [6.07, 6.45) is -2.08. The molecule has 0 saturated heterocycles. The zero-order valence-corrected chi connectivity index (χ0v) is 27.5. The number of carbonyl (C=O) groups is 1. The van der Waals surface area contributed by atoms with Crippen LogP contribution in [0.1, 0.15) is 94.5 Å². The van der Waals surface area contributed by atoms with Gasteiger partial charge in [-0.1, -0.05) is 51.1 Å². The fourth-order valence-corrected chi connectivity index (χ4v) is 7.29. The third-order valence-corrected chi connectivity index (χ3v) is 10.3. The van der Waals surface area contributed by atoms with E-state index < -0.39 is 37.8 Å². The van der Waals surface area contributed by atoms with E-state index in [4.69, 9.17) is 14.5 Å². The van der Waals surface area contributed by atoms with Crippen molar-refractivity contribution in [2.75, 3.05) is 0 Å². The number of rotatable bonds is 9. The average molecular weight is 656 g/mol. The molecular weight excluding hydrogens is 610 g/mol. The van der Waals surface area contributed by atoms with Crippen LogP contribution < -0.4 is 4.74 Å². The molecule has 0 heterocycles. The molecule has 2 aliphatic carbocycles. The van der Waals surface area contributed by atoms with Crippen LogP contribution in [-0.2, 0) is 41.3 Å². The minimum absolute atomic E-state index is 0.0928. The maximum atomic E-state index is 14.6. The first-order valence-electron chi connectivity index (χ1n) is 15.4. The molecule has 2 aromatic rings. The zero-order valence-electron chi connectivity index (χ0n) is 26.6. The zero-order chi connectivity index (χ0) is 33.4. The molecule has 0 radical (unpaired) electrons. The number of phosphoric acid groups is 1. The number of fused-ring (bicyclic) bond motifs is 1. The molecule has 0 spiro atoms.